The third kappa shape index (κ3) is 4.51. The number of hydrogen-bond acceptors (Lipinski definition) is 4. The summed E-state index contributed by atoms with van der Waals surface area (Å²) in [6.45, 7) is 4.20. The molecule has 214 valence electrons. The normalized spacial score (nSPS) is 20.5. The number of pyridine rings is 2. The van der Waals surface area contributed by atoms with Gasteiger partial charge in [-0.2, -0.15) is 0 Å². The second-order valence-electron chi connectivity index (χ2n) is 10.9. The van der Waals surface area contributed by atoms with Crippen LogP contribution in [0.15, 0.2) is 47.4 Å². The molecule has 0 amide bonds. The standard InChI is InChI=1S/C30H26F6N4O/c1-13-18(9-17(33)10-37-13)25-22-11-40(12-23(22)25)29-27(34)26-19(7-16(32)8-21(26)30(41)39(29)3)14(2)38-24-5-4-15(31)6-20(24)28(35)36/h4-10,14,22-23,25,28,38H,11-12H2,1-3H3/t14-,22-,23+,25?/m1/s1. The SMILES string of the molecule is Cc1ncc(F)cc1C1[C@H]2CN(c3c(F)c4c([C@@H](C)Nc5ccc(F)cc5C(F)F)cc(F)cc4c(=O)n3C)C[C@@H]12. The number of aryl methyl sites for hydroxylation is 1. The molecule has 2 fully saturated rings. The van der Waals surface area contributed by atoms with Crippen molar-refractivity contribution < 1.29 is 26.3 Å². The largest absolute Gasteiger partial charge is 0.378 e. The maximum absolute atomic E-state index is 16.4. The van der Waals surface area contributed by atoms with Crippen LogP contribution in [-0.4, -0.2) is 22.6 Å². The summed E-state index contributed by atoms with van der Waals surface area (Å²) in [4.78, 5) is 19.3. The van der Waals surface area contributed by atoms with Crippen LogP contribution in [0.4, 0.5) is 37.8 Å². The van der Waals surface area contributed by atoms with Gasteiger partial charge in [0.25, 0.3) is 12.0 Å². The molecular weight excluding hydrogens is 546 g/mol. The minimum absolute atomic E-state index is 0.0395. The van der Waals surface area contributed by atoms with Crippen LogP contribution in [-0.2, 0) is 7.05 Å². The highest BCUT2D eigenvalue weighted by atomic mass is 19.3. The molecule has 1 N–H and O–H groups in total. The topological polar surface area (TPSA) is 50.2 Å². The Morgan fingerprint density at radius 3 is 2.32 bits per heavy atom. The van der Waals surface area contributed by atoms with E-state index < -0.39 is 46.9 Å². The number of nitrogens with zero attached hydrogens (tertiary/aromatic N) is 3. The average Bonchev–Trinajstić information content (AvgIpc) is 3.41. The molecule has 1 saturated carbocycles. The second kappa shape index (κ2) is 9.81. The summed E-state index contributed by atoms with van der Waals surface area (Å²) in [6.07, 6.45) is -1.82. The molecule has 4 atom stereocenters. The van der Waals surface area contributed by atoms with Crippen LogP contribution in [0.1, 0.15) is 47.7 Å². The molecule has 2 aromatic heterocycles. The fourth-order valence-electron chi connectivity index (χ4n) is 6.45. The van der Waals surface area contributed by atoms with E-state index in [0.29, 0.717) is 19.2 Å². The first-order valence-corrected chi connectivity index (χ1v) is 13.2. The molecule has 6 rings (SSSR count). The zero-order chi connectivity index (χ0) is 29.3. The van der Waals surface area contributed by atoms with E-state index in [4.69, 9.17) is 0 Å². The number of hydrogen-bond donors (Lipinski definition) is 1. The Bertz CT molecular complexity index is 1740. The Hall–Kier alpha value is -4.02. The zero-order valence-corrected chi connectivity index (χ0v) is 22.4. The van der Waals surface area contributed by atoms with Gasteiger partial charge in [0.15, 0.2) is 5.82 Å². The van der Waals surface area contributed by atoms with E-state index in [9.17, 15) is 26.7 Å². The van der Waals surface area contributed by atoms with Crippen molar-refractivity contribution >= 4 is 22.3 Å². The summed E-state index contributed by atoms with van der Waals surface area (Å²) in [5, 5.41) is 2.51. The van der Waals surface area contributed by atoms with Crippen LogP contribution < -0.4 is 15.8 Å². The van der Waals surface area contributed by atoms with E-state index in [1.165, 1.54) is 26.2 Å². The number of anilines is 2. The van der Waals surface area contributed by atoms with Gasteiger partial charge in [0.05, 0.1) is 11.6 Å². The second-order valence-corrected chi connectivity index (χ2v) is 10.9. The molecule has 41 heavy (non-hydrogen) atoms. The quantitative estimate of drug-likeness (QED) is 0.260. The van der Waals surface area contributed by atoms with Crippen molar-refractivity contribution in [2.75, 3.05) is 23.3 Å². The molecule has 5 nitrogen and oxygen atoms in total. The summed E-state index contributed by atoms with van der Waals surface area (Å²) in [5.74, 6) is -2.41. The van der Waals surface area contributed by atoms with Gasteiger partial charge in [0.2, 0.25) is 0 Å². The molecule has 11 heteroatoms. The van der Waals surface area contributed by atoms with Crippen LogP contribution in [0.2, 0.25) is 0 Å². The van der Waals surface area contributed by atoms with Crippen molar-refractivity contribution in [1.29, 1.82) is 0 Å². The lowest BCUT2D eigenvalue weighted by Crippen LogP contribution is -2.32. The lowest BCUT2D eigenvalue weighted by Gasteiger charge is -2.27. The highest BCUT2D eigenvalue weighted by Crippen LogP contribution is 2.59. The van der Waals surface area contributed by atoms with Gasteiger partial charge in [-0.05, 0) is 79.1 Å². The maximum atomic E-state index is 16.4. The molecule has 3 heterocycles. The summed E-state index contributed by atoms with van der Waals surface area (Å²) in [5.41, 5.74) is 0.333. The number of halogens is 6. The van der Waals surface area contributed by atoms with E-state index >= 15 is 4.39 Å². The molecular formula is C30H26F6N4O. The first kappa shape index (κ1) is 27.2. The van der Waals surface area contributed by atoms with Crippen LogP contribution in [0.5, 0.6) is 0 Å². The number of fused-ring (bicyclic) bond motifs is 2. The molecule has 0 radical (unpaired) electrons. The predicted molar refractivity (Wildman–Crippen MR) is 143 cm³/mol. The molecule has 2 aliphatic rings. The van der Waals surface area contributed by atoms with E-state index in [0.717, 1.165) is 40.1 Å². The zero-order valence-electron chi connectivity index (χ0n) is 22.4. The Morgan fingerprint density at radius 2 is 1.63 bits per heavy atom. The van der Waals surface area contributed by atoms with E-state index in [1.807, 2.05) is 6.92 Å². The van der Waals surface area contributed by atoms with E-state index in [2.05, 4.69) is 10.3 Å². The molecule has 0 spiro atoms. The molecule has 1 unspecified atom stereocenters. The van der Waals surface area contributed by atoms with Crippen LogP contribution in [0.25, 0.3) is 10.8 Å². The van der Waals surface area contributed by atoms with Gasteiger partial charge in [-0.3, -0.25) is 14.3 Å². The lowest BCUT2D eigenvalue weighted by molar-refractivity contribution is 0.151. The number of nitrogens with one attached hydrogen (secondary N) is 1. The monoisotopic (exact) mass is 572 g/mol. The molecule has 1 aliphatic heterocycles. The van der Waals surface area contributed by atoms with Gasteiger partial charge >= 0.3 is 0 Å². The van der Waals surface area contributed by atoms with Gasteiger partial charge in [0.1, 0.15) is 23.3 Å². The van der Waals surface area contributed by atoms with Crippen molar-refractivity contribution in [2.24, 2.45) is 18.9 Å². The van der Waals surface area contributed by atoms with Crippen molar-refractivity contribution in [3.8, 4) is 0 Å². The summed E-state index contributed by atoms with van der Waals surface area (Å²) < 4.78 is 86.9. The summed E-state index contributed by atoms with van der Waals surface area (Å²) in [7, 11) is 1.42. The van der Waals surface area contributed by atoms with Crippen molar-refractivity contribution in [1.82, 2.24) is 9.55 Å². The van der Waals surface area contributed by atoms with Gasteiger partial charge in [-0.15, -0.1) is 0 Å². The smallest absolute Gasteiger partial charge is 0.265 e. The van der Waals surface area contributed by atoms with Crippen LogP contribution in [0.3, 0.4) is 0 Å². The van der Waals surface area contributed by atoms with Gasteiger partial charge in [0, 0.05) is 48.5 Å². The first-order chi connectivity index (χ1) is 19.5. The fraction of sp³-hybridized carbons (Fsp3) is 0.333. The van der Waals surface area contributed by atoms with Crippen LogP contribution in [0, 0.1) is 42.0 Å². The Labute approximate surface area is 231 Å². The van der Waals surface area contributed by atoms with Crippen molar-refractivity contribution in [3.05, 3.63) is 98.6 Å². The first-order valence-electron chi connectivity index (χ1n) is 13.2. The number of rotatable bonds is 6. The highest BCUT2D eigenvalue weighted by molar-refractivity contribution is 5.89. The molecule has 0 bridgehead atoms. The third-order valence-electron chi connectivity index (χ3n) is 8.43. The van der Waals surface area contributed by atoms with Crippen LogP contribution >= 0.6 is 0 Å². The predicted octanol–water partition coefficient (Wildman–Crippen LogP) is 6.76. The fourth-order valence-corrected chi connectivity index (χ4v) is 6.45. The third-order valence-corrected chi connectivity index (χ3v) is 8.43. The maximum Gasteiger partial charge on any atom is 0.265 e. The molecule has 1 saturated heterocycles. The number of alkyl halides is 2. The Balaban J connectivity index is 1.37. The lowest BCUT2D eigenvalue weighted by atomic mass is 9.98. The molecule has 1 aliphatic carbocycles. The number of aromatic nitrogens is 2. The van der Waals surface area contributed by atoms with Gasteiger partial charge < -0.3 is 10.2 Å². The summed E-state index contributed by atoms with van der Waals surface area (Å²) >= 11 is 0. The van der Waals surface area contributed by atoms with Crippen molar-refractivity contribution in [2.45, 2.75) is 32.2 Å². The molecule has 2 aromatic carbocycles. The minimum atomic E-state index is -2.99. The van der Waals surface area contributed by atoms with E-state index in [-0.39, 0.29) is 45.6 Å². The minimum Gasteiger partial charge on any atom is -0.378 e. The van der Waals surface area contributed by atoms with Gasteiger partial charge in [-0.1, -0.05) is 0 Å². The summed E-state index contributed by atoms with van der Waals surface area (Å²) in [6, 6.07) is 5.42. The number of piperidine rings is 1. The highest BCUT2D eigenvalue weighted by Gasteiger charge is 2.57. The van der Waals surface area contributed by atoms with E-state index in [1.54, 1.807) is 4.90 Å². The van der Waals surface area contributed by atoms with Crippen molar-refractivity contribution in [3.63, 3.8) is 0 Å². The van der Waals surface area contributed by atoms with Gasteiger partial charge in [-0.25, -0.2) is 26.3 Å². The Morgan fingerprint density at radius 1 is 0.951 bits per heavy atom. The average molecular weight is 573 g/mol. The Kier molecular flexibility index (Phi) is 6.50. The molecule has 4 aromatic rings. The number of benzene rings is 2.